The molecule has 0 radical (unpaired) electrons. The summed E-state index contributed by atoms with van der Waals surface area (Å²) in [7, 11) is 0. The molecule has 0 N–H and O–H groups in total. The van der Waals surface area contributed by atoms with Crippen molar-refractivity contribution >= 4 is 38.8 Å². The SMILES string of the molecule is Cc1cc(Cl)ccc1OCc1cccc(-c2nc3c4ccsc4ncn3n2)c1. The number of thiophene rings is 1. The Bertz CT molecular complexity index is 1310. The molecule has 3 heterocycles. The Morgan fingerprint density at radius 2 is 2.07 bits per heavy atom. The maximum absolute atomic E-state index is 6.01. The van der Waals surface area contributed by atoms with Crippen LogP contribution >= 0.6 is 22.9 Å². The molecule has 0 aliphatic rings. The molecule has 0 saturated heterocycles. The van der Waals surface area contributed by atoms with Crippen molar-refractivity contribution in [1.82, 2.24) is 19.6 Å². The fourth-order valence-corrected chi connectivity index (χ4v) is 4.08. The van der Waals surface area contributed by atoms with Gasteiger partial charge in [0.1, 0.15) is 23.5 Å². The third-order valence-corrected chi connectivity index (χ3v) is 5.57. The molecule has 0 aliphatic heterocycles. The van der Waals surface area contributed by atoms with Crippen LogP contribution in [0.4, 0.5) is 0 Å². The van der Waals surface area contributed by atoms with E-state index in [0.717, 1.165) is 38.3 Å². The molecule has 0 atom stereocenters. The number of aromatic nitrogens is 4. The summed E-state index contributed by atoms with van der Waals surface area (Å²) in [5.41, 5.74) is 3.82. The molecule has 0 spiro atoms. The maximum Gasteiger partial charge on any atom is 0.182 e. The average molecular weight is 407 g/mol. The van der Waals surface area contributed by atoms with Crippen molar-refractivity contribution in [2.75, 3.05) is 0 Å². The Balaban J connectivity index is 1.44. The number of hydrogen-bond acceptors (Lipinski definition) is 5. The highest BCUT2D eigenvalue weighted by Gasteiger charge is 2.11. The monoisotopic (exact) mass is 406 g/mol. The standard InChI is InChI=1S/C21H15ClN4OS/c1-13-9-16(22)5-6-18(13)27-11-14-3-2-4-15(10-14)19-24-20-17-7-8-28-21(17)23-12-26(20)25-19/h2-10,12H,11H2,1H3. The van der Waals surface area contributed by atoms with Crippen LogP contribution in [0.3, 0.4) is 0 Å². The van der Waals surface area contributed by atoms with E-state index < -0.39 is 0 Å². The van der Waals surface area contributed by atoms with Gasteiger partial charge in [0.05, 0.1) is 5.39 Å². The first-order valence-electron chi connectivity index (χ1n) is 8.74. The third-order valence-electron chi connectivity index (χ3n) is 4.52. The van der Waals surface area contributed by atoms with Crippen LogP contribution in [0, 0.1) is 6.92 Å². The topological polar surface area (TPSA) is 52.3 Å². The van der Waals surface area contributed by atoms with Gasteiger partial charge in [-0.25, -0.2) is 14.5 Å². The zero-order valence-electron chi connectivity index (χ0n) is 15.0. The van der Waals surface area contributed by atoms with Crippen LogP contribution in [-0.4, -0.2) is 19.6 Å². The summed E-state index contributed by atoms with van der Waals surface area (Å²) in [4.78, 5) is 10.1. The molecule has 0 saturated carbocycles. The van der Waals surface area contributed by atoms with E-state index in [4.69, 9.17) is 21.3 Å². The van der Waals surface area contributed by atoms with E-state index in [1.54, 1.807) is 22.2 Å². The quantitative estimate of drug-likeness (QED) is 0.393. The Hall–Kier alpha value is -2.96. The Morgan fingerprint density at radius 1 is 1.14 bits per heavy atom. The van der Waals surface area contributed by atoms with Gasteiger partial charge >= 0.3 is 0 Å². The number of nitrogens with zero attached hydrogens (tertiary/aromatic N) is 4. The smallest absolute Gasteiger partial charge is 0.182 e. The van der Waals surface area contributed by atoms with Crippen LogP contribution in [0.25, 0.3) is 27.3 Å². The molecule has 0 amide bonds. The van der Waals surface area contributed by atoms with Gasteiger partial charge in [-0.1, -0.05) is 29.8 Å². The summed E-state index contributed by atoms with van der Waals surface area (Å²) in [5.74, 6) is 1.50. The summed E-state index contributed by atoms with van der Waals surface area (Å²) in [6, 6.07) is 15.7. The number of hydrogen-bond donors (Lipinski definition) is 0. The lowest BCUT2D eigenvalue weighted by Gasteiger charge is -2.10. The van der Waals surface area contributed by atoms with Crippen molar-refractivity contribution in [2.45, 2.75) is 13.5 Å². The second kappa shape index (κ2) is 6.89. The number of aryl methyl sites for hydroxylation is 1. The number of rotatable bonds is 4. The van der Waals surface area contributed by atoms with Crippen LogP contribution in [0.5, 0.6) is 5.75 Å². The highest BCUT2D eigenvalue weighted by Crippen LogP contribution is 2.26. The molecule has 28 heavy (non-hydrogen) atoms. The van der Waals surface area contributed by atoms with Gasteiger partial charge in [-0.05, 0) is 53.8 Å². The van der Waals surface area contributed by atoms with E-state index in [1.807, 2.05) is 54.8 Å². The molecule has 5 rings (SSSR count). The Morgan fingerprint density at radius 3 is 2.96 bits per heavy atom. The molecule has 5 aromatic rings. The molecule has 0 fully saturated rings. The number of benzene rings is 2. The summed E-state index contributed by atoms with van der Waals surface area (Å²) < 4.78 is 7.69. The minimum Gasteiger partial charge on any atom is -0.489 e. The van der Waals surface area contributed by atoms with Gasteiger partial charge in [-0.3, -0.25) is 0 Å². The lowest BCUT2D eigenvalue weighted by atomic mass is 10.1. The van der Waals surface area contributed by atoms with Crippen molar-refractivity contribution in [3.8, 4) is 17.1 Å². The van der Waals surface area contributed by atoms with E-state index in [9.17, 15) is 0 Å². The molecular weight excluding hydrogens is 392 g/mol. The summed E-state index contributed by atoms with van der Waals surface area (Å²) in [6.07, 6.45) is 1.71. The second-order valence-corrected chi connectivity index (χ2v) is 7.82. The predicted molar refractivity (Wildman–Crippen MR) is 112 cm³/mol. The minimum absolute atomic E-state index is 0.458. The zero-order valence-corrected chi connectivity index (χ0v) is 16.5. The van der Waals surface area contributed by atoms with E-state index in [1.165, 1.54) is 0 Å². The van der Waals surface area contributed by atoms with Crippen LogP contribution in [-0.2, 0) is 6.61 Å². The van der Waals surface area contributed by atoms with E-state index in [2.05, 4.69) is 16.1 Å². The van der Waals surface area contributed by atoms with Gasteiger partial charge < -0.3 is 4.74 Å². The Kier molecular flexibility index (Phi) is 4.22. The van der Waals surface area contributed by atoms with Gasteiger partial charge in [0.25, 0.3) is 0 Å². The normalized spacial score (nSPS) is 11.4. The van der Waals surface area contributed by atoms with Crippen molar-refractivity contribution in [2.24, 2.45) is 0 Å². The molecule has 7 heteroatoms. The predicted octanol–water partition coefficient (Wildman–Crippen LogP) is 5.55. The first-order chi connectivity index (χ1) is 13.7. The lowest BCUT2D eigenvalue weighted by molar-refractivity contribution is 0.304. The molecule has 0 bridgehead atoms. The molecule has 0 aliphatic carbocycles. The molecule has 5 nitrogen and oxygen atoms in total. The lowest BCUT2D eigenvalue weighted by Crippen LogP contribution is -1.97. The number of fused-ring (bicyclic) bond motifs is 3. The van der Waals surface area contributed by atoms with E-state index in [0.29, 0.717) is 17.5 Å². The van der Waals surface area contributed by atoms with E-state index >= 15 is 0 Å². The second-order valence-electron chi connectivity index (χ2n) is 6.49. The van der Waals surface area contributed by atoms with Gasteiger partial charge in [-0.2, -0.15) is 0 Å². The zero-order chi connectivity index (χ0) is 19.1. The van der Waals surface area contributed by atoms with Crippen molar-refractivity contribution in [3.63, 3.8) is 0 Å². The molecule has 3 aromatic heterocycles. The highest BCUT2D eigenvalue weighted by atomic mass is 35.5. The van der Waals surface area contributed by atoms with Crippen molar-refractivity contribution < 1.29 is 4.74 Å². The summed E-state index contributed by atoms with van der Waals surface area (Å²) in [5, 5.41) is 8.33. The van der Waals surface area contributed by atoms with Gasteiger partial charge in [-0.15, -0.1) is 16.4 Å². The average Bonchev–Trinajstić information content (AvgIpc) is 3.34. The number of ether oxygens (including phenoxy) is 1. The summed E-state index contributed by atoms with van der Waals surface area (Å²) >= 11 is 7.61. The Labute approximate surface area is 170 Å². The minimum atomic E-state index is 0.458. The molecule has 0 unspecified atom stereocenters. The highest BCUT2D eigenvalue weighted by molar-refractivity contribution is 7.16. The van der Waals surface area contributed by atoms with Crippen LogP contribution in [0.15, 0.2) is 60.2 Å². The van der Waals surface area contributed by atoms with Crippen LogP contribution in [0.1, 0.15) is 11.1 Å². The first-order valence-corrected chi connectivity index (χ1v) is 10.00. The van der Waals surface area contributed by atoms with Crippen molar-refractivity contribution in [3.05, 3.63) is 76.4 Å². The molecular formula is C21H15ClN4OS. The fourth-order valence-electron chi connectivity index (χ4n) is 3.12. The van der Waals surface area contributed by atoms with Crippen LogP contribution < -0.4 is 4.74 Å². The van der Waals surface area contributed by atoms with Crippen molar-refractivity contribution in [1.29, 1.82) is 0 Å². The first kappa shape index (κ1) is 17.2. The largest absolute Gasteiger partial charge is 0.489 e. The van der Waals surface area contributed by atoms with Gasteiger partial charge in [0.15, 0.2) is 11.5 Å². The van der Waals surface area contributed by atoms with Gasteiger partial charge in [0, 0.05) is 10.6 Å². The fraction of sp³-hybridized carbons (Fsp3) is 0.0952. The van der Waals surface area contributed by atoms with Crippen LogP contribution in [0.2, 0.25) is 5.02 Å². The summed E-state index contributed by atoms with van der Waals surface area (Å²) in [6.45, 7) is 2.44. The number of halogens is 1. The van der Waals surface area contributed by atoms with Gasteiger partial charge in [0.2, 0.25) is 0 Å². The molecule has 2 aromatic carbocycles. The van der Waals surface area contributed by atoms with E-state index in [-0.39, 0.29) is 0 Å². The maximum atomic E-state index is 6.01. The molecule has 138 valence electrons. The third kappa shape index (κ3) is 3.10.